The second kappa shape index (κ2) is 4.00. The summed E-state index contributed by atoms with van der Waals surface area (Å²) in [5, 5.41) is 2.26. The summed E-state index contributed by atoms with van der Waals surface area (Å²) in [4.78, 5) is 3.13. The second-order valence-electron chi connectivity index (χ2n) is 1.70. The Hall–Kier alpha value is -1.00. The van der Waals surface area contributed by atoms with Gasteiger partial charge in [0.1, 0.15) is 0 Å². The zero-order valence-electron chi connectivity index (χ0n) is 6.24. The van der Waals surface area contributed by atoms with E-state index in [1.54, 1.807) is 0 Å². The van der Waals surface area contributed by atoms with Crippen LogP contribution in [0.4, 0.5) is 13.2 Å². The number of nitrogens with zero attached hydrogens (tertiary/aromatic N) is 1. The average Bonchev–Trinajstić information content (AvgIpc) is 1.85. The molecule has 0 spiro atoms. The molecule has 0 aromatic carbocycles. The summed E-state index contributed by atoms with van der Waals surface area (Å²) in [6.45, 7) is 1.43. The van der Waals surface area contributed by atoms with Crippen LogP contribution in [0.3, 0.4) is 0 Å². The molecule has 0 aromatic heterocycles. The number of halogens is 3. The van der Waals surface area contributed by atoms with Crippen molar-refractivity contribution in [1.29, 1.82) is 0 Å². The molecule has 11 heavy (non-hydrogen) atoms. The molecule has 0 radical (unpaired) electrons. The lowest BCUT2D eigenvalue weighted by molar-refractivity contribution is -0.0926. The highest BCUT2D eigenvalue weighted by Crippen LogP contribution is 2.25. The minimum absolute atomic E-state index is 0.806. The highest BCUT2D eigenvalue weighted by atomic mass is 19.4. The molecule has 64 valence electrons. The van der Waals surface area contributed by atoms with Crippen molar-refractivity contribution in [3.8, 4) is 0 Å². The first-order chi connectivity index (χ1) is 5.02. The quantitative estimate of drug-likeness (QED) is 0.620. The predicted molar refractivity (Wildman–Crippen MR) is 37.4 cm³/mol. The minimum Gasteiger partial charge on any atom is -0.392 e. The van der Waals surface area contributed by atoms with Gasteiger partial charge in [-0.2, -0.15) is 13.2 Å². The number of rotatable bonds is 2. The zero-order chi connectivity index (χ0) is 8.91. The number of hydrogen-bond donors (Lipinski definition) is 1. The van der Waals surface area contributed by atoms with Gasteiger partial charge in [-0.15, -0.1) is 0 Å². The molecule has 0 saturated heterocycles. The van der Waals surface area contributed by atoms with Gasteiger partial charge < -0.3 is 5.32 Å². The molecule has 0 amide bonds. The van der Waals surface area contributed by atoms with Gasteiger partial charge in [0, 0.05) is 19.5 Å². The molecule has 0 unspecified atom stereocenters. The van der Waals surface area contributed by atoms with Crippen molar-refractivity contribution < 1.29 is 13.2 Å². The fourth-order valence-electron chi connectivity index (χ4n) is 0.468. The summed E-state index contributed by atoms with van der Waals surface area (Å²) >= 11 is 0. The Labute approximate surface area is 62.8 Å². The first kappa shape index (κ1) is 10.0. The van der Waals surface area contributed by atoms with E-state index >= 15 is 0 Å². The van der Waals surface area contributed by atoms with E-state index in [1.165, 1.54) is 14.0 Å². The van der Waals surface area contributed by atoms with E-state index in [-0.39, 0.29) is 0 Å². The van der Waals surface area contributed by atoms with Crippen molar-refractivity contribution >= 4 is 6.21 Å². The summed E-state index contributed by atoms with van der Waals surface area (Å²) in [5.74, 6) is 0. The highest BCUT2D eigenvalue weighted by molar-refractivity contribution is 5.55. The number of allylic oxidation sites excluding steroid dienone is 1. The van der Waals surface area contributed by atoms with Crippen molar-refractivity contribution in [2.45, 2.75) is 13.1 Å². The summed E-state index contributed by atoms with van der Waals surface area (Å²) in [5.41, 5.74) is -0.928. The first-order valence-corrected chi connectivity index (χ1v) is 2.95. The van der Waals surface area contributed by atoms with Crippen LogP contribution in [0.25, 0.3) is 0 Å². The van der Waals surface area contributed by atoms with Gasteiger partial charge in [0.2, 0.25) is 0 Å². The third kappa shape index (κ3) is 3.64. The van der Waals surface area contributed by atoms with E-state index in [9.17, 15) is 13.2 Å². The van der Waals surface area contributed by atoms with Crippen LogP contribution in [-0.2, 0) is 0 Å². The summed E-state index contributed by atoms with van der Waals surface area (Å²) in [6, 6.07) is 0. The second-order valence-corrected chi connectivity index (χ2v) is 1.70. The lowest BCUT2D eigenvalue weighted by Crippen LogP contribution is -2.13. The van der Waals surface area contributed by atoms with E-state index in [0.29, 0.717) is 0 Å². The van der Waals surface area contributed by atoms with Gasteiger partial charge in [0.05, 0.1) is 0 Å². The van der Waals surface area contributed by atoms with Crippen LogP contribution in [-0.4, -0.2) is 19.4 Å². The monoisotopic (exact) mass is 166 g/mol. The summed E-state index contributed by atoms with van der Waals surface area (Å²) in [7, 11) is 1.39. The maximum Gasteiger partial charge on any atom is 0.434 e. The third-order valence-corrected chi connectivity index (χ3v) is 0.840. The molecule has 0 aliphatic rings. The van der Waals surface area contributed by atoms with Crippen molar-refractivity contribution in [3.05, 3.63) is 11.9 Å². The molecule has 0 saturated carbocycles. The largest absolute Gasteiger partial charge is 0.434 e. The van der Waals surface area contributed by atoms with Crippen LogP contribution in [0.5, 0.6) is 0 Å². The van der Waals surface area contributed by atoms with Gasteiger partial charge in [0.25, 0.3) is 0 Å². The van der Waals surface area contributed by atoms with E-state index in [2.05, 4.69) is 10.3 Å². The van der Waals surface area contributed by atoms with Crippen LogP contribution >= 0.6 is 0 Å². The Kier molecular flexibility index (Phi) is 3.64. The number of alkyl halides is 3. The standard InChI is InChI=1S/C6H9F3N2/c1-3-11-5(4-10-2)6(7,8)9/h3-4,10H,1-2H3/b5-4-,11-3?. The molecule has 5 heteroatoms. The lowest BCUT2D eigenvalue weighted by Gasteiger charge is -2.05. The Morgan fingerprint density at radius 3 is 2.27 bits per heavy atom. The fourth-order valence-corrected chi connectivity index (χ4v) is 0.468. The molecule has 0 atom stereocenters. The molecular formula is C6H9F3N2. The fraction of sp³-hybridized carbons (Fsp3) is 0.500. The highest BCUT2D eigenvalue weighted by Gasteiger charge is 2.33. The van der Waals surface area contributed by atoms with Gasteiger partial charge >= 0.3 is 6.18 Å². The zero-order valence-corrected chi connectivity index (χ0v) is 6.24. The Bertz CT molecular complexity index is 169. The number of aliphatic imine (C=N–C) groups is 1. The van der Waals surface area contributed by atoms with Crippen LogP contribution in [0, 0.1) is 0 Å². The summed E-state index contributed by atoms with van der Waals surface area (Å²) < 4.78 is 35.6. The average molecular weight is 166 g/mol. The van der Waals surface area contributed by atoms with E-state index in [1.807, 2.05) is 0 Å². The molecule has 0 bridgehead atoms. The van der Waals surface area contributed by atoms with Gasteiger partial charge in [-0.25, -0.2) is 0 Å². The van der Waals surface area contributed by atoms with E-state index in [0.717, 1.165) is 12.4 Å². The third-order valence-electron chi connectivity index (χ3n) is 0.840. The summed E-state index contributed by atoms with van der Waals surface area (Å²) in [6.07, 6.45) is -2.48. The maximum atomic E-state index is 11.9. The van der Waals surface area contributed by atoms with Gasteiger partial charge in [-0.1, -0.05) is 0 Å². The first-order valence-electron chi connectivity index (χ1n) is 2.95. The molecule has 0 aliphatic heterocycles. The Balaban J connectivity index is 4.48. The molecule has 2 nitrogen and oxygen atoms in total. The molecular weight excluding hydrogens is 157 g/mol. The molecule has 0 aliphatic carbocycles. The molecule has 0 heterocycles. The number of hydrogen-bond acceptors (Lipinski definition) is 2. The van der Waals surface area contributed by atoms with Crippen LogP contribution in [0.15, 0.2) is 16.9 Å². The van der Waals surface area contributed by atoms with Gasteiger partial charge in [-0.05, 0) is 6.92 Å². The molecule has 0 aromatic rings. The van der Waals surface area contributed by atoms with Crippen LogP contribution in [0.1, 0.15) is 6.92 Å². The van der Waals surface area contributed by atoms with E-state index in [4.69, 9.17) is 0 Å². The Morgan fingerprint density at radius 2 is 2.00 bits per heavy atom. The molecule has 1 N–H and O–H groups in total. The van der Waals surface area contributed by atoms with Crippen molar-refractivity contribution in [2.75, 3.05) is 7.05 Å². The van der Waals surface area contributed by atoms with E-state index < -0.39 is 11.9 Å². The Morgan fingerprint density at radius 1 is 1.45 bits per heavy atom. The van der Waals surface area contributed by atoms with Crippen molar-refractivity contribution in [2.24, 2.45) is 4.99 Å². The predicted octanol–water partition coefficient (Wildman–Crippen LogP) is 1.70. The lowest BCUT2D eigenvalue weighted by atomic mass is 10.4. The van der Waals surface area contributed by atoms with Crippen molar-refractivity contribution in [1.82, 2.24) is 5.32 Å². The minimum atomic E-state index is -4.38. The van der Waals surface area contributed by atoms with Gasteiger partial charge in [0.15, 0.2) is 5.70 Å². The van der Waals surface area contributed by atoms with Crippen LogP contribution in [0.2, 0.25) is 0 Å². The normalized spacial score (nSPS) is 14.1. The SMILES string of the molecule is CC=N/C(=C\NC)C(F)(F)F. The number of nitrogens with one attached hydrogen (secondary N) is 1. The topological polar surface area (TPSA) is 24.4 Å². The maximum absolute atomic E-state index is 11.9. The van der Waals surface area contributed by atoms with Crippen molar-refractivity contribution in [3.63, 3.8) is 0 Å². The molecule has 0 rings (SSSR count). The van der Waals surface area contributed by atoms with Gasteiger partial charge in [-0.3, -0.25) is 4.99 Å². The van der Waals surface area contributed by atoms with Crippen LogP contribution < -0.4 is 5.32 Å². The molecule has 0 fully saturated rings. The smallest absolute Gasteiger partial charge is 0.392 e.